The molecule has 0 radical (unpaired) electrons. The summed E-state index contributed by atoms with van der Waals surface area (Å²) in [6.45, 7) is 7.89. The predicted molar refractivity (Wildman–Crippen MR) is 84.4 cm³/mol. The van der Waals surface area contributed by atoms with E-state index >= 15 is 0 Å². The molecule has 1 aromatic heterocycles. The van der Waals surface area contributed by atoms with Crippen LogP contribution in [0.25, 0.3) is 5.69 Å². The van der Waals surface area contributed by atoms with Crippen LogP contribution in [0.4, 0.5) is 5.95 Å². The van der Waals surface area contributed by atoms with Gasteiger partial charge >= 0.3 is 0 Å². The molecule has 2 aromatic rings. The number of imidazole rings is 1. The number of nitrogens with zero attached hydrogens (tertiary/aromatic N) is 3. The van der Waals surface area contributed by atoms with Crippen LogP contribution in [-0.4, -0.2) is 29.7 Å². The maximum atomic E-state index is 5.83. The molecular formula is C16H24N4. The lowest BCUT2D eigenvalue weighted by atomic mass is 9.93. The van der Waals surface area contributed by atoms with Gasteiger partial charge in [-0.05, 0) is 31.0 Å². The molecule has 4 nitrogen and oxygen atoms in total. The van der Waals surface area contributed by atoms with Gasteiger partial charge in [0.2, 0.25) is 5.95 Å². The van der Waals surface area contributed by atoms with Crippen molar-refractivity contribution in [1.82, 2.24) is 9.55 Å². The second-order valence-electron chi connectivity index (χ2n) is 6.11. The monoisotopic (exact) mass is 272 g/mol. The summed E-state index contributed by atoms with van der Waals surface area (Å²) in [7, 11) is 2.07. The van der Waals surface area contributed by atoms with Crippen LogP contribution >= 0.6 is 0 Å². The first-order valence-corrected chi connectivity index (χ1v) is 6.95. The minimum Gasteiger partial charge on any atom is -0.344 e. The van der Waals surface area contributed by atoms with Crippen molar-refractivity contribution in [3.63, 3.8) is 0 Å². The summed E-state index contributed by atoms with van der Waals surface area (Å²) in [4.78, 5) is 6.83. The molecule has 0 spiro atoms. The lowest BCUT2D eigenvalue weighted by Crippen LogP contribution is -2.37. The van der Waals surface area contributed by atoms with Crippen molar-refractivity contribution >= 4 is 5.95 Å². The molecule has 0 unspecified atom stereocenters. The van der Waals surface area contributed by atoms with Crippen molar-refractivity contribution < 1.29 is 0 Å². The summed E-state index contributed by atoms with van der Waals surface area (Å²) < 4.78 is 2.13. The van der Waals surface area contributed by atoms with Crippen LogP contribution < -0.4 is 10.6 Å². The molecule has 0 saturated heterocycles. The number of aryl methyl sites for hydroxylation is 1. The Morgan fingerprint density at radius 2 is 1.90 bits per heavy atom. The van der Waals surface area contributed by atoms with Gasteiger partial charge in [0.15, 0.2) is 0 Å². The molecule has 0 saturated carbocycles. The van der Waals surface area contributed by atoms with Crippen LogP contribution in [0.15, 0.2) is 36.5 Å². The van der Waals surface area contributed by atoms with E-state index in [2.05, 4.69) is 53.7 Å². The van der Waals surface area contributed by atoms with Crippen LogP contribution in [0.1, 0.15) is 19.5 Å². The Hall–Kier alpha value is -1.81. The molecule has 0 aliphatic heterocycles. The number of hydrogen-bond acceptors (Lipinski definition) is 3. The minimum atomic E-state index is 0.0656. The van der Waals surface area contributed by atoms with E-state index in [1.165, 1.54) is 0 Å². The third-order valence-corrected chi connectivity index (χ3v) is 3.40. The Kier molecular flexibility index (Phi) is 4.14. The van der Waals surface area contributed by atoms with E-state index in [0.29, 0.717) is 6.54 Å². The van der Waals surface area contributed by atoms with E-state index in [1.807, 2.05) is 25.1 Å². The molecule has 0 atom stereocenters. The van der Waals surface area contributed by atoms with Crippen molar-refractivity contribution in [2.75, 3.05) is 25.0 Å². The number of rotatable bonds is 5. The largest absolute Gasteiger partial charge is 0.344 e. The summed E-state index contributed by atoms with van der Waals surface area (Å²) in [6.07, 6.45) is 2.07. The first kappa shape index (κ1) is 14.6. The molecule has 108 valence electrons. The quantitative estimate of drug-likeness (QED) is 0.910. The number of hydrogen-bond donors (Lipinski definition) is 1. The van der Waals surface area contributed by atoms with E-state index in [9.17, 15) is 0 Å². The zero-order valence-corrected chi connectivity index (χ0v) is 12.8. The van der Waals surface area contributed by atoms with E-state index in [0.717, 1.165) is 23.9 Å². The zero-order valence-electron chi connectivity index (χ0n) is 12.8. The molecule has 2 N–H and O–H groups in total. The van der Waals surface area contributed by atoms with Gasteiger partial charge in [0.1, 0.15) is 0 Å². The standard InChI is InChI=1S/C16H24N4/c1-13-10-20(14-8-6-5-7-9-14)15(18-13)19(4)12-16(2,3)11-17/h5-10H,11-12,17H2,1-4H3. The summed E-state index contributed by atoms with van der Waals surface area (Å²) in [6, 6.07) is 10.3. The molecule has 0 amide bonds. The van der Waals surface area contributed by atoms with Crippen molar-refractivity contribution in [3.8, 4) is 5.69 Å². The summed E-state index contributed by atoms with van der Waals surface area (Å²) in [5.41, 5.74) is 8.04. The maximum absolute atomic E-state index is 5.83. The first-order chi connectivity index (χ1) is 9.43. The van der Waals surface area contributed by atoms with Crippen molar-refractivity contribution in [2.45, 2.75) is 20.8 Å². The van der Waals surface area contributed by atoms with Gasteiger partial charge in [-0.2, -0.15) is 0 Å². The molecule has 2 rings (SSSR count). The predicted octanol–water partition coefficient (Wildman–Crippen LogP) is 2.60. The number of para-hydroxylation sites is 1. The van der Waals surface area contributed by atoms with Gasteiger partial charge in [0, 0.05) is 25.5 Å². The SMILES string of the molecule is Cc1cn(-c2ccccc2)c(N(C)CC(C)(C)CN)n1. The van der Waals surface area contributed by atoms with E-state index < -0.39 is 0 Å². The molecule has 20 heavy (non-hydrogen) atoms. The zero-order chi connectivity index (χ0) is 14.8. The molecule has 1 aromatic carbocycles. The number of aromatic nitrogens is 2. The van der Waals surface area contributed by atoms with Crippen LogP contribution in [0, 0.1) is 12.3 Å². The van der Waals surface area contributed by atoms with Gasteiger partial charge in [-0.15, -0.1) is 0 Å². The first-order valence-electron chi connectivity index (χ1n) is 6.95. The molecule has 0 aliphatic carbocycles. The van der Waals surface area contributed by atoms with Gasteiger partial charge in [-0.1, -0.05) is 32.0 Å². The van der Waals surface area contributed by atoms with Crippen LogP contribution in [0.3, 0.4) is 0 Å². The van der Waals surface area contributed by atoms with Crippen molar-refractivity contribution in [1.29, 1.82) is 0 Å². The maximum Gasteiger partial charge on any atom is 0.210 e. The molecule has 1 heterocycles. The van der Waals surface area contributed by atoms with E-state index in [-0.39, 0.29) is 5.41 Å². The number of anilines is 1. The highest BCUT2D eigenvalue weighted by molar-refractivity contribution is 5.44. The Bertz CT molecular complexity index is 557. The lowest BCUT2D eigenvalue weighted by Gasteiger charge is -2.30. The second kappa shape index (κ2) is 5.67. The van der Waals surface area contributed by atoms with Crippen LogP contribution in [0.5, 0.6) is 0 Å². The van der Waals surface area contributed by atoms with E-state index in [1.54, 1.807) is 0 Å². The fraction of sp³-hybridized carbons (Fsp3) is 0.438. The Balaban J connectivity index is 2.33. The fourth-order valence-corrected chi connectivity index (χ4v) is 2.31. The molecule has 0 aliphatic rings. The van der Waals surface area contributed by atoms with Gasteiger partial charge in [0.05, 0.1) is 5.69 Å². The smallest absolute Gasteiger partial charge is 0.210 e. The Morgan fingerprint density at radius 1 is 1.25 bits per heavy atom. The minimum absolute atomic E-state index is 0.0656. The summed E-state index contributed by atoms with van der Waals surface area (Å²) >= 11 is 0. The third-order valence-electron chi connectivity index (χ3n) is 3.40. The van der Waals surface area contributed by atoms with Gasteiger partial charge in [-0.3, -0.25) is 4.57 Å². The van der Waals surface area contributed by atoms with Crippen molar-refractivity contribution in [3.05, 3.63) is 42.2 Å². The van der Waals surface area contributed by atoms with Crippen LogP contribution in [0.2, 0.25) is 0 Å². The second-order valence-corrected chi connectivity index (χ2v) is 6.11. The number of benzene rings is 1. The van der Waals surface area contributed by atoms with Gasteiger partial charge in [-0.25, -0.2) is 4.98 Å². The van der Waals surface area contributed by atoms with E-state index in [4.69, 9.17) is 5.73 Å². The highest BCUT2D eigenvalue weighted by Crippen LogP contribution is 2.22. The molecular weight excluding hydrogens is 248 g/mol. The fourth-order valence-electron chi connectivity index (χ4n) is 2.31. The summed E-state index contributed by atoms with van der Waals surface area (Å²) in [5.74, 6) is 0.954. The van der Waals surface area contributed by atoms with Crippen LogP contribution in [-0.2, 0) is 0 Å². The summed E-state index contributed by atoms with van der Waals surface area (Å²) in [5, 5.41) is 0. The third kappa shape index (κ3) is 3.20. The normalized spacial score (nSPS) is 11.7. The lowest BCUT2D eigenvalue weighted by molar-refractivity contribution is 0.383. The number of nitrogens with two attached hydrogens (primary N) is 1. The Labute approximate surface area is 121 Å². The van der Waals surface area contributed by atoms with Crippen molar-refractivity contribution in [2.24, 2.45) is 11.1 Å². The molecule has 0 fully saturated rings. The highest BCUT2D eigenvalue weighted by atomic mass is 15.3. The molecule has 4 heteroatoms. The highest BCUT2D eigenvalue weighted by Gasteiger charge is 2.21. The average Bonchev–Trinajstić information content (AvgIpc) is 2.81. The molecule has 0 bridgehead atoms. The topological polar surface area (TPSA) is 47.1 Å². The Morgan fingerprint density at radius 3 is 2.50 bits per heavy atom. The average molecular weight is 272 g/mol. The van der Waals surface area contributed by atoms with Gasteiger partial charge < -0.3 is 10.6 Å². The van der Waals surface area contributed by atoms with Gasteiger partial charge in [0.25, 0.3) is 0 Å².